The Morgan fingerprint density at radius 2 is 1.16 bits per heavy atom. The third-order valence-electron chi connectivity index (χ3n) is 5.33. The van der Waals surface area contributed by atoms with Crippen LogP contribution in [0.15, 0.2) is 18.2 Å². The third kappa shape index (κ3) is 10.9. The summed E-state index contributed by atoms with van der Waals surface area (Å²) in [5.41, 5.74) is 0.609. The summed E-state index contributed by atoms with van der Waals surface area (Å²) in [5, 5.41) is 0. The summed E-state index contributed by atoms with van der Waals surface area (Å²) in [4.78, 5) is 0. The lowest BCUT2D eigenvalue weighted by Crippen LogP contribution is -2.48. The molecule has 1 aromatic rings. The van der Waals surface area contributed by atoms with Crippen molar-refractivity contribution < 1.29 is 23.0 Å². The first kappa shape index (κ1) is 28.0. The molecule has 3 nitrogen and oxygen atoms in total. The minimum absolute atomic E-state index is 0.149. The van der Waals surface area contributed by atoms with Gasteiger partial charge >= 0.3 is 0 Å². The number of benzene rings is 1. The van der Waals surface area contributed by atoms with Crippen molar-refractivity contribution in [3.8, 4) is 0 Å². The normalized spacial score (nSPS) is 13.0. The van der Waals surface area contributed by atoms with E-state index in [0.29, 0.717) is 31.8 Å². The molecule has 1 rings (SSSR count). The van der Waals surface area contributed by atoms with Crippen LogP contribution in [0, 0.1) is 17.6 Å². The van der Waals surface area contributed by atoms with E-state index >= 15 is 0 Å². The van der Waals surface area contributed by atoms with Crippen LogP contribution in [0.4, 0.5) is 8.78 Å². The Labute approximate surface area is 188 Å². The number of halogens is 2. The van der Waals surface area contributed by atoms with Gasteiger partial charge in [0.1, 0.15) is 11.6 Å². The van der Waals surface area contributed by atoms with E-state index in [0.717, 1.165) is 44.6 Å². The quantitative estimate of drug-likeness (QED) is 0.161. The van der Waals surface area contributed by atoms with Crippen LogP contribution < -0.4 is 0 Å². The van der Waals surface area contributed by atoms with Crippen LogP contribution in [-0.4, -0.2) is 25.8 Å². The molecule has 0 saturated carbocycles. The Kier molecular flexibility index (Phi) is 15.0. The molecule has 1 atom stereocenters. The van der Waals surface area contributed by atoms with Crippen LogP contribution in [0.3, 0.4) is 0 Å². The van der Waals surface area contributed by atoms with Crippen LogP contribution in [0.5, 0.6) is 0 Å². The van der Waals surface area contributed by atoms with Crippen molar-refractivity contribution in [2.45, 2.75) is 104 Å². The molecule has 0 aliphatic carbocycles. The Hall–Kier alpha value is -1.04. The Balaban J connectivity index is 3.10. The summed E-state index contributed by atoms with van der Waals surface area (Å²) in [5.74, 6) is -2.45. The van der Waals surface area contributed by atoms with Crippen molar-refractivity contribution in [3.05, 3.63) is 35.4 Å². The van der Waals surface area contributed by atoms with Gasteiger partial charge in [0.05, 0.1) is 19.8 Å². The van der Waals surface area contributed by atoms with Gasteiger partial charge in [0.25, 0.3) is 5.97 Å². The molecule has 0 fully saturated rings. The highest BCUT2D eigenvalue weighted by atomic mass is 19.1. The van der Waals surface area contributed by atoms with Crippen LogP contribution in [0.1, 0.15) is 97.5 Å². The monoisotopic (exact) mass is 442 g/mol. The van der Waals surface area contributed by atoms with Crippen molar-refractivity contribution in [2.75, 3.05) is 19.8 Å². The summed E-state index contributed by atoms with van der Waals surface area (Å²) < 4.78 is 46.5. The van der Waals surface area contributed by atoms with Crippen LogP contribution >= 0.6 is 0 Å². The zero-order chi connectivity index (χ0) is 23.0. The average molecular weight is 443 g/mol. The fraction of sp³-hybridized carbons (Fsp3) is 0.769. The molecule has 0 saturated heterocycles. The molecule has 31 heavy (non-hydrogen) atoms. The summed E-state index contributed by atoms with van der Waals surface area (Å²) in [6.07, 6.45) is 10.8. The molecule has 1 aromatic carbocycles. The van der Waals surface area contributed by atoms with Gasteiger partial charge in [-0.1, -0.05) is 66.2 Å². The molecule has 180 valence electrons. The first-order chi connectivity index (χ1) is 15.0. The molecule has 0 N–H and O–H groups in total. The van der Waals surface area contributed by atoms with Crippen molar-refractivity contribution in [3.63, 3.8) is 0 Å². The van der Waals surface area contributed by atoms with E-state index in [9.17, 15) is 8.78 Å². The number of hydrogen-bond acceptors (Lipinski definition) is 3. The maximum absolute atomic E-state index is 13.9. The summed E-state index contributed by atoms with van der Waals surface area (Å²) in [7, 11) is 0. The van der Waals surface area contributed by atoms with Gasteiger partial charge in [-0.3, -0.25) is 0 Å². The SMILES string of the molecule is CCCCCCCCC(Cc1cc(F)cc(F)c1)C(OCCC)(OCCC)OCCC. The predicted octanol–water partition coefficient (Wildman–Crippen LogP) is 7.81. The largest absolute Gasteiger partial charge is 0.327 e. The van der Waals surface area contributed by atoms with Crippen molar-refractivity contribution in [1.82, 2.24) is 0 Å². The Morgan fingerprint density at radius 1 is 0.677 bits per heavy atom. The van der Waals surface area contributed by atoms with E-state index < -0.39 is 17.6 Å². The number of ether oxygens (including phenoxy) is 3. The molecule has 0 amide bonds. The fourth-order valence-corrected chi connectivity index (χ4v) is 3.80. The minimum atomic E-state index is -1.19. The molecule has 0 radical (unpaired) electrons. The van der Waals surface area contributed by atoms with Crippen LogP contribution in [0.2, 0.25) is 0 Å². The average Bonchev–Trinajstić information content (AvgIpc) is 2.74. The second-order valence-corrected chi connectivity index (χ2v) is 8.38. The molecular weight excluding hydrogens is 398 g/mol. The van der Waals surface area contributed by atoms with Gasteiger partial charge in [-0.2, -0.15) is 0 Å². The second-order valence-electron chi connectivity index (χ2n) is 8.38. The van der Waals surface area contributed by atoms with Crippen molar-refractivity contribution in [1.29, 1.82) is 0 Å². The standard InChI is InChI=1S/C26H44F2O3/c1-5-9-10-11-12-13-14-23(18-22-19-24(27)21-25(28)20-22)26(29-15-6-2,30-16-7-3)31-17-8-4/h19-21,23H,5-18H2,1-4H3. The maximum atomic E-state index is 13.9. The highest BCUT2D eigenvalue weighted by Crippen LogP contribution is 2.34. The zero-order valence-corrected chi connectivity index (χ0v) is 20.2. The molecule has 0 bridgehead atoms. The van der Waals surface area contributed by atoms with E-state index in [-0.39, 0.29) is 5.92 Å². The molecule has 5 heteroatoms. The molecule has 0 aliphatic heterocycles. The highest BCUT2D eigenvalue weighted by molar-refractivity contribution is 5.18. The second kappa shape index (κ2) is 16.6. The predicted molar refractivity (Wildman–Crippen MR) is 123 cm³/mol. The van der Waals surface area contributed by atoms with E-state index in [1.54, 1.807) is 0 Å². The van der Waals surface area contributed by atoms with Crippen LogP contribution in [0.25, 0.3) is 0 Å². The van der Waals surface area contributed by atoms with Crippen molar-refractivity contribution in [2.24, 2.45) is 5.92 Å². The highest BCUT2D eigenvalue weighted by Gasteiger charge is 2.42. The third-order valence-corrected chi connectivity index (χ3v) is 5.33. The number of hydrogen-bond donors (Lipinski definition) is 0. The van der Waals surface area contributed by atoms with Gasteiger partial charge in [-0.05, 0) is 49.8 Å². The number of rotatable bonds is 19. The molecule has 1 unspecified atom stereocenters. The van der Waals surface area contributed by atoms with E-state index in [1.165, 1.54) is 37.8 Å². The molecule has 0 heterocycles. The summed E-state index contributed by atoms with van der Waals surface area (Å²) >= 11 is 0. The van der Waals surface area contributed by atoms with Gasteiger partial charge in [0.2, 0.25) is 0 Å². The van der Waals surface area contributed by atoms with E-state index in [4.69, 9.17) is 14.2 Å². The number of unbranched alkanes of at least 4 members (excludes halogenated alkanes) is 5. The van der Waals surface area contributed by atoms with Gasteiger partial charge in [-0.15, -0.1) is 0 Å². The molecule has 0 aliphatic rings. The molecule has 0 spiro atoms. The summed E-state index contributed by atoms with van der Waals surface area (Å²) in [6, 6.07) is 3.72. The zero-order valence-electron chi connectivity index (χ0n) is 20.2. The summed E-state index contributed by atoms with van der Waals surface area (Å²) in [6.45, 7) is 9.90. The Bertz CT molecular complexity index is 538. The topological polar surface area (TPSA) is 27.7 Å². The Morgan fingerprint density at radius 3 is 1.65 bits per heavy atom. The first-order valence-corrected chi connectivity index (χ1v) is 12.4. The van der Waals surface area contributed by atoms with Gasteiger partial charge in [0, 0.05) is 12.0 Å². The fourth-order valence-electron chi connectivity index (χ4n) is 3.80. The molecule has 0 aromatic heterocycles. The molecular formula is C26H44F2O3. The van der Waals surface area contributed by atoms with Crippen LogP contribution in [-0.2, 0) is 20.6 Å². The van der Waals surface area contributed by atoms with E-state index in [1.807, 2.05) is 0 Å². The lowest BCUT2D eigenvalue weighted by Gasteiger charge is -2.40. The smallest absolute Gasteiger partial charge is 0.286 e. The van der Waals surface area contributed by atoms with Crippen molar-refractivity contribution >= 4 is 0 Å². The van der Waals surface area contributed by atoms with Gasteiger partial charge < -0.3 is 14.2 Å². The van der Waals surface area contributed by atoms with Gasteiger partial charge in [-0.25, -0.2) is 8.78 Å². The lowest BCUT2D eigenvalue weighted by atomic mass is 9.90. The minimum Gasteiger partial charge on any atom is -0.327 e. The first-order valence-electron chi connectivity index (χ1n) is 12.4. The maximum Gasteiger partial charge on any atom is 0.286 e. The van der Waals surface area contributed by atoms with Gasteiger partial charge in [0.15, 0.2) is 0 Å². The lowest BCUT2D eigenvalue weighted by molar-refractivity contribution is -0.406. The van der Waals surface area contributed by atoms with E-state index in [2.05, 4.69) is 27.7 Å².